The molecule has 0 aromatic carbocycles. The van der Waals surface area contributed by atoms with Crippen LogP contribution in [0.2, 0.25) is 0 Å². The molecule has 4 aliphatic carbocycles. The monoisotopic (exact) mass is 484 g/mol. The summed E-state index contributed by atoms with van der Waals surface area (Å²) in [4.78, 5) is 0. The molecular formula is C26H44O8. The largest absolute Gasteiger partial charge is 0.394 e. The molecule has 1 heterocycles. The van der Waals surface area contributed by atoms with Crippen LogP contribution in [0.15, 0.2) is 0 Å². The van der Waals surface area contributed by atoms with E-state index in [-0.39, 0.29) is 34.9 Å². The third kappa shape index (κ3) is 3.47. The normalized spacial score (nSPS) is 56.6. The fourth-order valence-electron chi connectivity index (χ4n) is 9.59. The lowest BCUT2D eigenvalue weighted by atomic mass is 9.41. The maximum absolute atomic E-state index is 11.2. The molecule has 0 radical (unpaired) electrons. The molecule has 1 saturated heterocycles. The minimum Gasteiger partial charge on any atom is -0.394 e. The predicted molar refractivity (Wildman–Crippen MR) is 122 cm³/mol. The summed E-state index contributed by atoms with van der Waals surface area (Å²) in [6.45, 7) is 6.27. The predicted octanol–water partition coefficient (Wildman–Crippen LogP) is 0.938. The zero-order chi connectivity index (χ0) is 24.7. The highest BCUT2D eigenvalue weighted by Crippen LogP contribution is 2.73. The smallest absolute Gasteiger partial charge is 0.186 e. The number of ether oxygens (including phenoxy) is 2. The number of hydrogen-bond donors (Lipinski definition) is 6. The summed E-state index contributed by atoms with van der Waals surface area (Å²) in [5, 5.41) is 61.5. The molecule has 5 rings (SSSR count). The molecule has 8 nitrogen and oxygen atoms in total. The first-order chi connectivity index (χ1) is 15.9. The SMILES string of the molecule is CC1(C)[C@@H](O[C@@H]2O[C@H](CO)[C@@H](O)[C@H](O)[C@H]2O)CC[C@]2(C)[C@@H]1CC[C@@]13C[C@@H](CC[C@H]12)[C@@](O)(CO)C3. The zero-order valence-electron chi connectivity index (χ0n) is 20.8. The van der Waals surface area contributed by atoms with Crippen molar-refractivity contribution in [3.05, 3.63) is 0 Å². The lowest BCUT2D eigenvalue weighted by molar-refractivity contribution is -0.329. The highest BCUT2D eigenvalue weighted by molar-refractivity contribution is 5.17. The molecular weight excluding hydrogens is 440 g/mol. The van der Waals surface area contributed by atoms with Gasteiger partial charge < -0.3 is 40.1 Å². The van der Waals surface area contributed by atoms with Gasteiger partial charge in [-0.05, 0) is 85.4 Å². The fraction of sp³-hybridized carbons (Fsp3) is 1.00. The van der Waals surface area contributed by atoms with E-state index in [9.17, 15) is 30.6 Å². The van der Waals surface area contributed by atoms with Gasteiger partial charge in [0.1, 0.15) is 24.4 Å². The lowest BCUT2D eigenvalue weighted by Gasteiger charge is -2.65. The highest BCUT2D eigenvalue weighted by atomic mass is 16.7. The van der Waals surface area contributed by atoms with E-state index in [1.54, 1.807) is 0 Å². The molecule has 0 aromatic heterocycles. The van der Waals surface area contributed by atoms with Crippen molar-refractivity contribution >= 4 is 0 Å². The van der Waals surface area contributed by atoms with Crippen LogP contribution in [-0.2, 0) is 9.47 Å². The quantitative estimate of drug-likeness (QED) is 0.324. The molecule has 12 atom stereocenters. The number of rotatable bonds is 4. The Morgan fingerprint density at radius 3 is 2.29 bits per heavy atom. The first-order valence-electron chi connectivity index (χ1n) is 13.2. The molecule has 6 N–H and O–H groups in total. The van der Waals surface area contributed by atoms with Crippen LogP contribution in [0.4, 0.5) is 0 Å². The highest BCUT2D eigenvalue weighted by Gasteiger charge is 2.68. The van der Waals surface area contributed by atoms with Gasteiger partial charge in [0.15, 0.2) is 6.29 Å². The van der Waals surface area contributed by atoms with Crippen LogP contribution >= 0.6 is 0 Å². The first kappa shape index (κ1) is 25.3. The van der Waals surface area contributed by atoms with Crippen molar-refractivity contribution < 1.29 is 40.1 Å². The second kappa shape index (κ2) is 8.35. The molecule has 1 spiro atoms. The molecule has 4 saturated carbocycles. The van der Waals surface area contributed by atoms with Crippen LogP contribution in [0.25, 0.3) is 0 Å². The second-order valence-electron chi connectivity index (χ2n) is 13.1. The number of aliphatic hydroxyl groups is 6. The Bertz CT molecular complexity index is 774. The lowest BCUT2D eigenvalue weighted by Crippen LogP contribution is -2.63. The van der Waals surface area contributed by atoms with Crippen molar-refractivity contribution in [3.63, 3.8) is 0 Å². The van der Waals surface area contributed by atoms with Crippen molar-refractivity contribution in [1.82, 2.24) is 0 Å². The van der Waals surface area contributed by atoms with E-state index in [2.05, 4.69) is 20.8 Å². The van der Waals surface area contributed by atoms with Gasteiger partial charge in [-0.2, -0.15) is 0 Å². The molecule has 34 heavy (non-hydrogen) atoms. The number of aliphatic hydroxyl groups excluding tert-OH is 5. The van der Waals surface area contributed by atoms with E-state index in [1.165, 1.54) is 0 Å². The molecule has 0 unspecified atom stereocenters. The van der Waals surface area contributed by atoms with Gasteiger partial charge in [0.2, 0.25) is 0 Å². The standard InChI is InChI=1S/C26H44O8/c1-23(2)16-6-9-25-10-14(26(32,12-25)13-28)4-5-17(25)24(16,3)8-7-18(23)34-22-21(31)20(30)19(29)15(11-27)33-22/h14-22,27-32H,4-13H2,1-3H3/t14-,15-,16-,17+,18+,19-,20+,21-,22+,24-,25+,26+/m1/s1. The molecule has 2 bridgehead atoms. The van der Waals surface area contributed by atoms with Gasteiger partial charge in [-0.3, -0.25) is 0 Å². The summed E-state index contributed by atoms with van der Waals surface area (Å²) in [6.07, 6.45) is 1.12. The molecule has 0 amide bonds. The Kier molecular flexibility index (Phi) is 6.22. The van der Waals surface area contributed by atoms with E-state index in [0.29, 0.717) is 18.3 Å². The first-order valence-corrected chi connectivity index (χ1v) is 13.2. The number of hydrogen-bond acceptors (Lipinski definition) is 8. The van der Waals surface area contributed by atoms with Crippen LogP contribution in [0.3, 0.4) is 0 Å². The van der Waals surface area contributed by atoms with Crippen LogP contribution in [0, 0.1) is 34.0 Å². The maximum Gasteiger partial charge on any atom is 0.186 e. The van der Waals surface area contributed by atoms with Crippen LogP contribution in [0.1, 0.15) is 72.1 Å². The van der Waals surface area contributed by atoms with Gasteiger partial charge in [0, 0.05) is 0 Å². The molecule has 5 aliphatic rings. The summed E-state index contributed by atoms with van der Waals surface area (Å²) in [5.74, 6) is 1.09. The average molecular weight is 485 g/mol. The number of fused-ring (bicyclic) bond motifs is 3. The Morgan fingerprint density at radius 2 is 1.62 bits per heavy atom. The fourth-order valence-corrected chi connectivity index (χ4v) is 9.59. The Hall–Kier alpha value is -0.320. The summed E-state index contributed by atoms with van der Waals surface area (Å²) >= 11 is 0. The van der Waals surface area contributed by atoms with Crippen molar-refractivity contribution in [2.45, 2.75) is 115 Å². The second-order valence-corrected chi connectivity index (χ2v) is 13.1. The van der Waals surface area contributed by atoms with Gasteiger partial charge in [0.25, 0.3) is 0 Å². The average Bonchev–Trinajstić information content (AvgIpc) is 3.00. The molecule has 5 fully saturated rings. The zero-order valence-corrected chi connectivity index (χ0v) is 20.8. The van der Waals surface area contributed by atoms with Gasteiger partial charge in [-0.1, -0.05) is 20.8 Å². The minimum atomic E-state index is -1.44. The van der Waals surface area contributed by atoms with Crippen LogP contribution < -0.4 is 0 Å². The van der Waals surface area contributed by atoms with Crippen molar-refractivity contribution in [3.8, 4) is 0 Å². The summed E-state index contributed by atoms with van der Waals surface area (Å²) in [5.41, 5.74) is -0.942. The van der Waals surface area contributed by atoms with E-state index >= 15 is 0 Å². The summed E-state index contributed by atoms with van der Waals surface area (Å²) < 4.78 is 12.0. The minimum absolute atomic E-state index is 0.0999. The van der Waals surface area contributed by atoms with E-state index in [4.69, 9.17) is 9.47 Å². The Labute approximate surface area is 202 Å². The van der Waals surface area contributed by atoms with E-state index < -0.39 is 42.9 Å². The van der Waals surface area contributed by atoms with E-state index in [1.807, 2.05) is 0 Å². The van der Waals surface area contributed by atoms with Gasteiger partial charge in [-0.15, -0.1) is 0 Å². The van der Waals surface area contributed by atoms with Crippen molar-refractivity contribution in [1.29, 1.82) is 0 Å². The van der Waals surface area contributed by atoms with Gasteiger partial charge in [0.05, 0.1) is 24.9 Å². The van der Waals surface area contributed by atoms with Crippen molar-refractivity contribution in [2.24, 2.45) is 34.0 Å². The Morgan fingerprint density at radius 1 is 0.882 bits per heavy atom. The van der Waals surface area contributed by atoms with Gasteiger partial charge >= 0.3 is 0 Å². The molecule has 0 aromatic rings. The molecule has 8 heteroatoms. The van der Waals surface area contributed by atoms with E-state index in [0.717, 1.165) is 44.9 Å². The molecule has 196 valence electrons. The van der Waals surface area contributed by atoms with Crippen LogP contribution in [-0.4, -0.2) is 86.3 Å². The van der Waals surface area contributed by atoms with Crippen LogP contribution in [0.5, 0.6) is 0 Å². The van der Waals surface area contributed by atoms with Gasteiger partial charge in [-0.25, -0.2) is 0 Å². The molecule has 1 aliphatic heterocycles. The maximum atomic E-state index is 11.2. The summed E-state index contributed by atoms with van der Waals surface area (Å²) in [7, 11) is 0. The topological polar surface area (TPSA) is 140 Å². The summed E-state index contributed by atoms with van der Waals surface area (Å²) in [6, 6.07) is 0. The Balaban J connectivity index is 1.36. The van der Waals surface area contributed by atoms with Crippen molar-refractivity contribution in [2.75, 3.05) is 13.2 Å². The third-order valence-corrected chi connectivity index (χ3v) is 11.2. The third-order valence-electron chi connectivity index (χ3n) is 11.2.